The summed E-state index contributed by atoms with van der Waals surface area (Å²) in [5.41, 5.74) is 3.40. The van der Waals surface area contributed by atoms with Gasteiger partial charge in [-0.05, 0) is 62.7 Å². The minimum atomic E-state index is -3.82. The summed E-state index contributed by atoms with van der Waals surface area (Å²) in [7, 11) is -3.82. The largest absolute Gasteiger partial charge is 0.486 e. The summed E-state index contributed by atoms with van der Waals surface area (Å²) in [6.07, 6.45) is 1.41. The van der Waals surface area contributed by atoms with Crippen LogP contribution in [-0.4, -0.2) is 41.4 Å². The smallest absolute Gasteiger partial charge is 0.262 e. The van der Waals surface area contributed by atoms with Crippen LogP contribution >= 0.6 is 0 Å². The lowest BCUT2D eigenvalue weighted by Gasteiger charge is -2.19. The quantitative estimate of drug-likeness (QED) is 0.429. The number of hydrogen-bond acceptors (Lipinski definition) is 8. The number of nitrogens with one attached hydrogen (secondary N) is 1. The molecule has 0 radical (unpaired) electrons. The van der Waals surface area contributed by atoms with E-state index in [-0.39, 0.29) is 4.90 Å². The van der Waals surface area contributed by atoms with Gasteiger partial charge >= 0.3 is 0 Å². The number of nitrogens with zero attached hydrogens (tertiary/aromatic N) is 4. The van der Waals surface area contributed by atoms with Crippen LogP contribution in [0.2, 0.25) is 0 Å². The van der Waals surface area contributed by atoms with Crippen LogP contribution in [0.5, 0.6) is 23.1 Å². The molecule has 4 aromatic rings. The fourth-order valence-electron chi connectivity index (χ4n) is 3.56. The molecule has 0 amide bonds. The molecule has 11 heteroatoms. The Balaban J connectivity index is 1.30. The molecule has 0 spiro atoms. The highest BCUT2D eigenvalue weighted by Gasteiger charge is 2.19. The van der Waals surface area contributed by atoms with Gasteiger partial charge in [-0.15, -0.1) is 0 Å². The lowest BCUT2D eigenvalue weighted by Crippen LogP contribution is -2.17. The molecule has 0 fully saturated rings. The molecule has 5 rings (SSSR count). The van der Waals surface area contributed by atoms with E-state index >= 15 is 0 Å². The van der Waals surface area contributed by atoms with Crippen molar-refractivity contribution in [2.24, 2.45) is 0 Å². The van der Waals surface area contributed by atoms with E-state index in [2.05, 4.69) is 19.8 Å². The summed E-state index contributed by atoms with van der Waals surface area (Å²) in [5, 5.41) is 4.51. The fourth-order valence-corrected chi connectivity index (χ4v) is 4.64. The van der Waals surface area contributed by atoms with Gasteiger partial charge in [0.05, 0.1) is 10.6 Å². The van der Waals surface area contributed by atoms with Gasteiger partial charge in [0.25, 0.3) is 10.0 Å². The van der Waals surface area contributed by atoms with Crippen molar-refractivity contribution in [3.63, 3.8) is 0 Å². The van der Waals surface area contributed by atoms with Gasteiger partial charge in [0.1, 0.15) is 25.3 Å². The first-order chi connectivity index (χ1) is 16.8. The first kappa shape index (κ1) is 22.7. The summed E-state index contributed by atoms with van der Waals surface area (Å²) in [5.74, 6) is 2.35. The lowest BCUT2D eigenvalue weighted by atomic mass is 10.2. The Hall–Kier alpha value is -4.12. The van der Waals surface area contributed by atoms with Gasteiger partial charge in [0.2, 0.25) is 5.88 Å². The van der Waals surface area contributed by atoms with Crippen molar-refractivity contribution in [3.05, 3.63) is 71.8 Å². The molecule has 1 aliphatic rings. The Morgan fingerprint density at radius 2 is 1.69 bits per heavy atom. The minimum absolute atomic E-state index is 0.0787. The van der Waals surface area contributed by atoms with Gasteiger partial charge in [-0.1, -0.05) is 0 Å². The molecule has 3 heterocycles. The number of hydrogen-bond donors (Lipinski definition) is 1. The van der Waals surface area contributed by atoms with Crippen LogP contribution < -0.4 is 18.9 Å². The monoisotopic (exact) mass is 493 g/mol. The average Bonchev–Trinajstić information content (AvgIpc) is 3.12. The van der Waals surface area contributed by atoms with E-state index in [1.54, 1.807) is 41.1 Å². The standard InChI is InChI=1S/C24H23N5O5S/c1-15-16(2)27-29(17(15)3)23-13-24(26-14-25-23)34-19-6-4-18(5-7-19)28-35(30,31)20-8-9-21-22(12-20)33-11-10-32-21/h4-9,12-14,28H,10-11H2,1-3H3. The van der Waals surface area contributed by atoms with Crippen LogP contribution in [-0.2, 0) is 10.0 Å². The summed E-state index contributed by atoms with van der Waals surface area (Å²) in [6, 6.07) is 12.7. The van der Waals surface area contributed by atoms with E-state index in [9.17, 15) is 8.42 Å². The number of benzene rings is 2. The lowest BCUT2D eigenvalue weighted by molar-refractivity contribution is 0.171. The first-order valence-electron chi connectivity index (χ1n) is 10.9. The zero-order valence-electron chi connectivity index (χ0n) is 19.3. The number of aromatic nitrogens is 4. The van der Waals surface area contributed by atoms with Crippen LogP contribution in [0.15, 0.2) is 59.8 Å². The molecule has 0 saturated heterocycles. The van der Waals surface area contributed by atoms with E-state index in [0.717, 1.165) is 17.0 Å². The van der Waals surface area contributed by atoms with Gasteiger partial charge in [-0.25, -0.2) is 23.1 Å². The van der Waals surface area contributed by atoms with Crippen LogP contribution in [0.1, 0.15) is 17.0 Å². The molecule has 2 aromatic heterocycles. The number of anilines is 1. The SMILES string of the molecule is Cc1nn(-c2cc(Oc3ccc(NS(=O)(=O)c4ccc5c(c4)OCCO5)cc3)ncn2)c(C)c1C. The van der Waals surface area contributed by atoms with E-state index in [1.807, 2.05) is 20.8 Å². The third-order valence-corrected chi connectivity index (χ3v) is 7.03. The summed E-state index contributed by atoms with van der Waals surface area (Å²) >= 11 is 0. The maximum atomic E-state index is 12.8. The van der Waals surface area contributed by atoms with E-state index < -0.39 is 10.0 Å². The van der Waals surface area contributed by atoms with Gasteiger partial charge in [0.15, 0.2) is 17.3 Å². The number of sulfonamides is 1. The van der Waals surface area contributed by atoms with E-state index in [4.69, 9.17) is 14.2 Å². The minimum Gasteiger partial charge on any atom is -0.486 e. The summed E-state index contributed by atoms with van der Waals surface area (Å²) in [6.45, 7) is 6.74. The maximum absolute atomic E-state index is 12.8. The first-order valence-corrected chi connectivity index (χ1v) is 12.3. The number of fused-ring (bicyclic) bond motifs is 1. The van der Waals surface area contributed by atoms with Crippen molar-refractivity contribution in [2.45, 2.75) is 25.7 Å². The Bertz CT molecular complexity index is 1500. The van der Waals surface area contributed by atoms with Crippen LogP contribution in [0.25, 0.3) is 5.82 Å². The highest BCUT2D eigenvalue weighted by Crippen LogP contribution is 2.33. The highest BCUT2D eigenvalue weighted by molar-refractivity contribution is 7.92. The van der Waals surface area contributed by atoms with Crippen molar-refractivity contribution in [1.82, 2.24) is 19.7 Å². The predicted molar refractivity (Wildman–Crippen MR) is 128 cm³/mol. The van der Waals surface area contributed by atoms with Crippen LogP contribution in [0.4, 0.5) is 5.69 Å². The molecular formula is C24H23N5O5S. The third-order valence-electron chi connectivity index (χ3n) is 5.65. The Morgan fingerprint density at radius 1 is 0.943 bits per heavy atom. The second-order valence-electron chi connectivity index (χ2n) is 7.96. The average molecular weight is 494 g/mol. The topological polar surface area (TPSA) is 117 Å². The fraction of sp³-hybridized carbons (Fsp3) is 0.208. The van der Waals surface area contributed by atoms with Gasteiger partial charge in [-0.3, -0.25) is 4.72 Å². The molecule has 35 heavy (non-hydrogen) atoms. The van der Waals surface area contributed by atoms with Gasteiger partial charge < -0.3 is 14.2 Å². The number of aryl methyl sites for hydroxylation is 1. The second kappa shape index (κ2) is 8.91. The van der Waals surface area contributed by atoms with E-state index in [1.165, 1.54) is 18.5 Å². The highest BCUT2D eigenvalue weighted by atomic mass is 32.2. The molecule has 10 nitrogen and oxygen atoms in total. The molecular weight excluding hydrogens is 470 g/mol. The molecule has 180 valence electrons. The van der Waals surface area contributed by atoms with E-state index in [0.29, 0.717) is 47.8 Å². The molecule has 0 aliphatic carbocycles. The molecule has 0 saturated carbocycles. The van der Waals surface area contributed by atoms with Crippen molar-refractivity contribution in [1.29, 1.82) is 0 Å². The normalized spacial score (nSPS) is 12.9. The molecule has 0 bridgehead atoms. The van der Waals surface area contributed by atoms with Crippen LogP contribution in [0, 0.1) is 20.8 Å². The number of rotatable bonds is 6. The second-order valence-corrected chi connectivity index (χ2v) is 9.64. The van der Waals surface area contributed by atoms with Crippen molar-refractivity contribution in [2.75, 3.05) is 17.9 Å². The summed E-state index contributed by atoms with van der Waals surface area (Å²) < 4.78 is 46.7. The molecule has 1 N–H and O–H groups in total. The third kappa shape index (κ3) is 4.62. The maximum Gasteiger partial charge on any atom is 0.262 e. The van der Waals surface area contributed by atoms with Crippen molar-refractivity contribution < 1.29 is 22.6 Å². The Labute approximate surface area is 202 Å². The summed E-state index contributed by atoms with van der Waals surface area (Å²) in [4.78, 5) is 8.54. The Kier molecular flexibility index (Phi) is 5.77. The molecule has 0 atom stereocenters. The molecule has 0 unspecified atom stereocenters. The predicted octanol–water partition coefficient (Wildman–Crippen LogP) is 3.95. The molecule has 1 aliphatic heterocycles. The van der Waals surface area contributed by atoms with Crippen molar-refractivity contribution >= 4 is 15.7 Å². The van der Waals surface area contributed by atoms with Crippen molar-refractivity contribution in [3.8, 4) is 28.9 Å². The van der Waals surface area contributed by atoms with Gasteiger partial charge in [0, 0.05) is 23.5 Å². The van der Waals surface area contributed by atoms with Crippen LogP contribution in [0.3, 0.4) is 0 Å². The zero-order valence-corrected chi connectivity index (χ0v) is 20.2. The Morgan fingerprint density at radius 3 is 2.40 bits per heavy atom. The van der Waals surface area contributed by atoms with Gasteiger partial charge in [-0.2, -0.15) is 5.10 Å². The number of ether oxygens (including phenoxy) is 3. The zero-order chi connectivity index (χ0) is 24.6. The molecule has 2 aromatic carbocycles.